The first-order valence-corrected chi connectivity index (χ1v) is 5.42. The number of rotatable bonds is 7. The van der Waals surface area contributed by atoms with Gasteiger partial charge in [-0.05, 0) is 12.2 Å². The van der Waals surface area contributed by atoms with Crippen molar-refractivity contribution in [3.63, 3.8) is 0 Å². The van der Waals surface area contributed by atoms with Crippen LogP contribution in [0.3, 0.4) is 0 Å². The highest BCUT2D eigenvalue weighted by Gasteiger charge is 1.97. The minimum absolute atomic E-state index is 0.107. The summed E-state index contributed by atoms with van der Waals surface area (Å²) in [6.45, 7) is 6.25. The Morgan fingerprint density at radius 2 is 2.42 bits per heavy atom. The van der Waals surface area contributed by atoms with Gasteiger partial charge in [-0.15, -0.1) is 6.58 Å². The van der Waals surface area contributed by atoms with E-state index in [0.717, 1.165) is 5.75 Å². The van der Waals surface area contributed by atoms with Gasteiger partial charge in [-0.2, -0.15) is 11.8 Å². The maximum absolute atomic E-state index is 11.0. The van der Waals surface area contributed by atoms with Gasteiger partial charge in [0.15, 0.2) is 0 Å². The molecule has 0 aromatic carbocycles. The zero-order chi connectivity index (χ0) is 9.23. The number of unbranched alkanes of at least 4 members (excludes halogenated alkanes) is 1. The number of carbonyl (C=O) groups excluding carboxylic acids is 1. The Kier molecular flexibility index (Phi) is 8.34. The minimum atomic E-state index is 0.107. The van der Waals surface area contributed by atoms with Crippen LogP contribution in [0.25, 0.3) is 0 Å². The molecule has 0 rings (SSSR count). The molecule has 0 radical (unpaired) electrons. The van der Waals surface area contributed by atoms with Crippen LogP contribution in [0, 0.1) is 0 Å². The molecule has 2 nitrogen and oxygen atoms in total. The van der Waals surface area contributed by atoms with Crippen LogP contribution in [-0.2, 0) is 4.79 Å². The van der Waals surface area contributed by atoms with E-state index in [-0.39, 0.29) is 5.91 Å². The molecular weight excluding hydrogens is 170 g/mol. The lowest BCUT2D eigenvalue weighted by atomic mass is 10.4. The Bertz CT molecular complexity index is 136. The van der Waals surface area contributed by atoms with Crippen LogP contribution in [0.2, 0.25) is 0 Å². The molecule has 0 spiro atoms. The van der Waals surface area contributed by atoms with Gasteiger partial charge in [0.05, 0.1) is 5.75 Å². The molecular formula is C9H17NOS. The molecule has 0 aromatic rings. The summed E-state index contributed by atoms with van der Waals surface area (Å²) in [5.74, 6) is 1.77. The van der Waals surface area contributed by atoms with Gasteiger partial charge in [0.2, 0.25) is 5.91 Å². The molecule has 1 N–H and O–H groups in total. The quantitative estimate of drug-likeness (QED) is 0.486. The third-order valence-electron chi connectivity index (χ3n) is 1.32. The standard InChI is InChI=1S/C9H17NOS/c1-3-5-7-12-8-9(11)10-6-4-2/h4H,2-3,5-8H2,1H3,(H,10,11). The lowest BCUT2D eigenvalue weighted by Crippen LogP contribution is -2.25. The molecule has 0 atom stereocenters. The van der Waals surface area contributed by atoms with Gasteiger partial charge < -0.3 is 5.32 Å². The number of amides is 1. The van der Waals surface area contributed by atoms with Crippen molar-refractivity contribution in [2.75, 3.05) is 18.1 Å². The Morgan fingerprint density at radius 1 is 1.67 bits per heavy atom. The van der Waals surface area contributed by atoms with Crippen LogP contribution in [0.1, 0.15) is 19.8 Å². The molecule has 0 heterocycles. The van der Waals surface area contributed by atoms with Crippen LogP contribution in [-0.4, -0.2) is 24.0 Å². The van der Waals surface area contributed by atoms with Gasteiger partial charge in [-0.25, -0.2) is 0 Å². The van der Waals surface area contributed by atoms with Gasteiger partial charge >= 0.3 is 0 Å². The second-order valence-electron chi connectivity index (χ2n) is 2.50. The van der Waals surface area contributed by atoms with Crippen LogP contribution >= 0.6 is 11.8 Å². The first-order chi connectivity index (χ1) is 5.81. The van der Waals surface area contributed by atoms with Crippen LogP contribution < -0.4 is 5.32 Å². The van der Waals surface area contributed by atoms with E-state index in [9.17, 15) is 4.79 Å². The topological polar surface area (TPSA) is 29.1 Å². The summed E-state index contributed by atoms with van der Waals surface area (Å²) < 4.78 is 0. The number of hydrogen-bond acceptors (Lipinski definition) is 2. The van der Waals surface area contributed by atoms with Gasteiger partial charge in [-0.1, -0.05) is 19.4 Å². The van der Waals surface area contributed by atoms with E-state index in [4.69, 9.17) is 0 Å². The first-order valence-electron chi connectivity index (χ1n) is 4.26. The monoisotopic (exact) mass is 187 g/mol. The van der Waals surface area contributed by atoms with Crippen LogP contribution in [0.5, 0.6) is 0 Å². The Morgan fingerprint density at radius 3 is 3.00 bits per heavy atom. The van der Waals surface area contributed by atoms with Crippen molar-refractivity contribution in [3.05, 3.63) is 12.7 Å². The molecule has 0 aliphatic heterocycles. The van der Waals surface area contributed by atoms with Crippen molar-refractivity contribution >= 4 is 17.7 Å². The highest BCUT2D eigenvalue weighted by molar-refractivity contribution is 7.99. The average molecular weight is 187 g/mol. The smallest absolute Gasteiger partial charge is 0.230 e. The van der Waals surface area contributed by atoms with Gasteiger partial charge in [0.1, 0.15) is 0 Å². The van der Waals surface area contributed by atoms with E-state index in [1.807, 2.05) is 0 Å². The fourth-order valence-electron chi connectivity index (χ4n) is 0.648. The van der Waals surface area contributed by atoms with E-state index in [1.54, 1.807) is 17.8 Å². The zero-order valence-electron chi connectivity index (χ0n) is 7.64. The van der Waals surface area contributed by atoms with Gasteiger partial charge in [0.25, 0.3) is 0 Å². The van der Waals surface area contributed by atoms with Crippen molar-refractivity contribution in [2.45, 2.75) is 19.8 Å². The number of thioether (sulfide) groups is 1. The molecule has 0 bridgehead atoms. The van der Waals surface area contributed by atoms with Gasteiger partial charge in [0, 0.05) is 6.54 Å². The lowest BCUT2D eigenvalue weighted by Gasteiger charge is -2.00. The lowest BCUT2D eigenvalue weighted by molar-refractivity contribution is -0.118. The largest absolute Gasteiger partial charge is 0.352 e. The summed E-state index contributed by atoms with van der Waals surface area (Å²) in [7, 11) is 0. The highest BCUT2D eigenvalue weighted by atomic mass is 32.2. The number of hydrogen-bond donors (Lipinski definition) is 1. The average Bonchev–Trinajstić information content (AvgIpc) is 2.09. The summed E-state index contributed by atoms with van der Waals surface area (Å²) in [4.78, 5) is 11.0. The molecule has 0 aliphatic carbocycles. The molecule has 0 aliphatic rings. The number of nitrogens with one attached hydrogen (secondary N) is 1. The third kappa shape index (κ3) is 7.66. The molecule has 12 heavy (non-hydrogen) atoms. The Hall–Kier alpha value is -0.440. The normalized spacial score (nSPS) is 9.42. The predicted molar refractivity (Wildman–Crippen MR) is 55.4 cm³/mol. The van der Waals surface area contributed by atoms with Crippen LogP contribution in [0.4, 0.5) is 0 Å². The molecule has 0 aromatic heterocycles. The highest BCUT2D eigenvalue weighted by Crippen LogP contribution is 2.03. The van der Waals surface area contributed by atoms with Crippen molar-refractivity contribution in [1.29, 1.82) is 0 Å². The van der Waals surface area contributed by atoms with Crippen molar-refractivity contribution in [1.82, 2.24) is 5.32 Å². The number of carbonyl (C=O) groups is 1. The zero-order valence-corrected chi connectivity index (χ0v) is 8.45. The summed E-state index contributed by atoms with van der Waals surface area (Å²) in [6, 6.07) is 0. The second kappa shape index (κ2) is 8.65. The van der Waals surface area contributed by atoms with Gasteiger partial charge in [-0.3, -0.25) is 4.79 Å². The third-order valence-corrected chi connectivity index (χ3v) is 2.36. The van der Waals surface area contributed by atoms with Crippen LogP contribution in [0.15, 0.2) is 12.7 Å². The molecule has 3 heteroatoms. The molecule has 0 fully saturated rings. The van der Waals surface area contributed by atoms with E-state index in [2.05, 4.69) is 18.8 Å². The maximum atomic E-state index is 11.0. The second-order valence-corrected chi connectivity index (χ2v) is 3.60. The molecule has 0 saturated heterocycles. The fraction of sp³-hybridized carbons (Fsp3) is 0.667. The molecule has 0 unspecified atom stereocenters. The van der Waals surface area contributed by atoms with E-state index in [0.29, 0.717) is 12.3 Å². The summed E-state index contributed by atoms with van der Waals surface area (Å²) in [6.07, 6.45) is 4.08. The maximum Gasteiger partial charge on any atom is 0.230 e. The fourth-order valence-corrected chi connectivity index (χ4v) is 1.57. The molecule has 0 saturated carbocycles. The van der Waals surface area contributed by atoms with Crippen molar-refractivity contribution in [2.24, 2.45) is 0 Å². The Balaban J connectivity index is 3.13. The molecule has 1 amide bonds. The van der Waals surface area contributed by atoms with E-state index >= 15 is 0 Å². The molecule has 70 valence electrons. The van der Waals surface area contributed by atoms with E-state index < -0.39 is 0 Å². The predicted octanol–water partition coefficient (Wildman–Crippen LogP) is 1.82. The van der Waals surface area contributed by atoms with Crippen molar-refractivity contribution in [3.8, 4) is 0 Å². The first kappa shape index (κ1) is 11.6. The SMILES string of the molecule is C=CCNC(=O)CSCCCC. The summed E-state index contributed by atoms with van der Waals surface area (Å²) >= 11 is 1.69. The summed E-state index contributed by atoms with van der Waals surface area (Å²) in [5, 5.41) is 2.73. The Labute approximate surface area is 78.8 Å². The van der Waals surface area contributed by atoms with Crippen molar-refractivity contribution < 1.29 is 4.79 Å². The van der Waals surface area contributed by atoms with E-state index in [1.165, 1.54) is 12.8 Å². The minimum Gasteiger partial charge on any atom is -0.352 e. The summed E-state index contributed by atoms with van der Waals surface area (Å²) in [5.41, 5.74) is 0.